The predicted octanol–water partition coefficient (Wildman–Crippen LogP) is 1.63. The molecule has 0 aromatic carbocycles. The zero-order chi connectivity index (χ0) is 12.1. The summed E-state index contributed by atoms with van der Waals surface area (Å²) in [6, 6.07) is 0.450. The number of hydrogen-bond acceptors (Lipinski definition) is 4. The van der Waals surface area contributed by atoms with Crippen molar-refractivity contribution in [2.75, 3.05) is 19.8 Å². The molecule has 0 unspecified atom stereocenters. The molecule has 0 aromatic rings. The van der Waals surface area contributed by atoms with Gasteiger partial charge in [0.25, 0.3) is 0 Å². The fourth-order valence-electron chi connectivity index (χ4n) is 2.65. The molecule has 1 heterocycles. The molecule has 0 radical (unpaired) electrons. The van der Waals surface area contributed by atoms with E-state index in [1.54, 1.807) is 0 Å². The van der Waals surface area contributed by atoms with Crippen molar-refractivity contribution in [3.8, 4) is 0 Å². The Balaban J connectivity index is 1.91. The number of hydrogen-bond donors (Lipinski definition) is 1. The molecule has 0 bridgehead atoms. The Labute approximate surface area is 103 Å². The standard InChI is InChI=1S/C13H23NO3/c1-2-17-12(15)13(9-16-10-13)14-11-7-5-3-4-6-8-11/h11,14H,2-10H2,1H3. The first kappa shape index (κ1) is 12.8. The van der Waals surface area contributed by atoms with Crippen LogP contribution in [0.4, 0.5) is 0 Å². The third kappa shape index (κ3) is 2.99. The van der Waals surface area contributed by atoms with Gasteiger partial charge in [0.15, 0.2) is 5.54 Å². The summed E-state index contributed by atoms with van der Waals surface area (Å²) < 4.78 is 10.4. The summed E-state index contributed by atoms with van der Waals surface area (Å²) in [5, 5.41) is 3.49. The van der Waals surface area contributed by atoms with Crippen LogP contribution in [-0.2, 0) is 14.3 Å². The van der Waals surface area contributed by atoms with Crippen molar-refractivity contribution < 1.29 is 14.3 Å². The molecule has 2 rings (SSSR count). The van der Waals surface area contributed by atoms with Crippen LogP contribution in [0.5, 0.6) is 0 Å². The summed E-state index contributed by atoms with van der Waals surface area (Å²) in [6.45, 7) is 3.20. The van der Waals surface area contributed by atoms with E-state index in [-0.39, 0.29) is 5.97 Å². The lowest BCUT2D eigenvalue weighted by Gasteiger charge is -2.42. The molecule has 0 spiro atoms. The van der Waals surface area contributed by atoms with E-state index in [1.807, 2.05) is 6.92 Å². The number of carbonyl (C=O) groups is 1. The van der Waals surface area contributed by atoms with Crippen LogP contribution in [0, 0.1) is 0 Å². The molecule has 4 nitrogen and oxygen atoms in total. The van der Waals surface area contributed by atoms with Gasteiger partial charge in [-0.25, -0.2) is 4.79 Å². The van der Waals surface area contributed by atoms with E-state index in [0.717, 1.165) is 0 Å². The Morgan fingerprint density at radius 1 is 1.29 bits per heavy atom. The third-order valence-corrected chi connectivity index (χ3v) is 3.70. The maximum absolute atomic E-state index is 11.9. The van der Waals surface area contributed by atoms with Crippen molar-refractivity contribution in [3.63, 3.8) is 0 Å². The first-order chi connectivity index (χ1) is 8.27. The summed E-state index contributed by atoms with van der Waals surface area (Å²) in [5.74, 6) is -0.143. The fourth-order valence-corrected chi connectivity index (χ4v) is 2.65. The number of nitrogens with one attached hydrogen (secondary N) is 1. The van der Waals surface area contributed by atoms with Gasteiger partial charge in [0, 0.05) is 6.04 Å². The zero-order valence-electron chi connectivity index (χ0n) is 10.7. The number of ether oxygens (including phenoxy) is 2. The van der Waals surface area contributed by atoms with Crippen molar-refractivity contribution in [1.29, 1.82) is 0 Å². The lowest BCUT2D eigenvalue weighted by Crippen LogP contribution is -2.68. The summed E-state index contributed by atoms with van der Waals surface area (Å²) >= 11 is 0. The molecule has 2 fully saturated rings. The van der Waals surface area contributed by atoms with Crippen molar-refractivity contribution in [2.45, 2.75) is 57.0 Å². The van der Waals surface area contributed by atoms with Crippen LogP contribution in [0.25, 0.3) is 0 Å². The molecule has 4 heteroatoms. The molecule has 0 atom stereocenters. The van der Waals surface area contributed by atoms with E-state index in [1.165, 1.54) is 38.5 Å². The molecule has 1 saturated heterocycles. The van der Waals surface area contributed by atoms with Crippen molar-refractivity contribution in [2.24, 2.45) is 0 Å². The van der Waals surface area contributed by atoms with E-state index in [2.05, 4.69) is 5.32 Å². The highest BCUT2D eigenvalue weighted by Crippen LogP contribution is 2.24. The Kier molecular flexibility index (Phi) is 4.40. The second-order valence-electron chi connectivity index (χ2n) is 5.13. The van der Waals surface area contributed by atoms with Crippen molar-refractivity contribution >= 4 is 5.97 Å². The smallest absolute Gasteiger partial charge is 0.331 e. The van der Waals surface area contributed by atoms with E-state index in [4.69, 9.17) is 9.47 Å². The normalized spacial score (nSPS) is 24.8. The van der Waals surface area contributed by atoms with Crippen LogP contribution in [-0.4, -0.2) is 37.4 Å². The van der Waals surface area contributed by atoms with E-state index < -0.39 is 5.54 Å². The lowest BCUT2D eigenvalue weighted by atomic mass is 9.94. The topological polar surface area (TPSA) is 47.6 Å². The molecule has 1 saturated carbocycles. The zero-order valence-corrected chi connectivity index (χ0v) is 10.7. The minimum atomic E-state index is -0.551. The van der Waals surface area contributed by atoms with Gasteiger partial charge in [0.2, 0.25) is 0 Å². The molecule has 0 aromatic heterocycles. The quantitative estimate of drug-likeness (QED) is 0.600. The van der Waals surface area contributed by atoms with Crippen LogP contribution in [0.1, 0.15) is 45.4 Å². The van der Waals surface area contributed by atoms with Gasteiger partial charge in [-0.3, -0.25) is 5.32 Å². The Morgan fingerprint density at radius 3 is 2.41 bits per heavy atom. The predicted molar refractivity (Wildman–Crippen MR) is 64.8 cm³/mol. The van der Waals surface area contributed by atoms with Gasteiger partial charge in [-0.1, -0.05) is 25.7 Å². The molecule has 2 aliphatic rings. The highest BCUT2D eigenvalue weighted by atomic mass is 16.6. The number of carbonyl (C=O) groups excluding carboxylic acids is 1. The van der Waals surface area contributed by atoms with Crippen LogP contribution in [0.3, 0.4) is 0 Å². The van der Waals surface area contributed by atoms with Gasteiger partial charge < -0.3 is 9.47 Å². The maximum Gasteiger partial charge on any atom is 0.331 e. The largest absolute Gasteiger partial charge is 0.464 e. The monoisotopic (exact) mass is 241 g/mol. The molecule has 17 heavy (non-hydrogen) atoms. The van der Waals surface area contributed by atoms with E-state index >= 15 is 0 Å². The Morgan fingerprint density at radius 2 is 1.94 bits per heavy atom. The van der Waals surface area contributed by atoms with Crippen LogP contribution < -0.4 is 5.32 Å². The number of rotatable bonds is 4. The SMILES string of the molecule is CCOC(=O)C1(NC2CCCCCC2)COC1. The van der Waals surface area contributed by atoms with Gasteiger partial charge in [-0.2, -0.15) is 0 Å². The molecule has 98 valence electrons. The van der Waals surface area contributed by atoms with Gasteiger partial charge in [-0.15, -0.1) is 0 Å². The highest BCUT2D eigenvalue weighted by molar-refractivity contribution is 5.82. The highest BCUT2D eigenvalue weighted by Gasteiger charge is 2.48. The summed E-state index contributed by atoms with van der Waals surface area (Å²) in [5.41, 5.74) is -0.551. The first-order valence-electron chi connectivity index (χ1n) is 6.79. The maximum atomic E-state index is 11.9. The second kappa shape index (κ2) is 5.83. The number of esters is 1. The first-order valence-corrected chi connectivity index (χ1v) is 6.79. The average molecular weight is 241 g/mol. The minimum Gasteiger partial charge on any atom is -0.464 e. The Bertz CT molecular complexity index is 255. The van der Waals surface area contributed by atoms with Crippen LogP contribution >= 0.6 is 0 Å². The van der Waals surface area contributed by atoms with Crippen molar-refractivity contribution in [1.82, 2.24) is 5.32 Å². The summed E-state index contributed by atoms with van der Waals surface area (Å²) in [6.07, 6.45) is 7.50. The molecular weight excluding hydrogens is 218 g/mol. The summed E-state index contributed by atoms with van der Waals surface area (Å²) in [7, 11) is 0. The third-order valence-electron chi connectivity index (χ3n) is 3.70. The van der Waals surface area contributed by atoms with Gasteiger partial charge >= 0.3 is 5.97 Å². The van der Waals surface area contributed by atoms with Gasteiger partial charge in [0.05, 0.1) is 19.8 Å². The lowest BCUT2D eigenvalue weighted by molar-refractivity contribution is -0.173. The summed E-state index contributed by atoms with van der Waals surface area (Å²) in [4.78, 5) is 11.9. The molecule has 0 amide bonds. The molecule has 1 N–H and O–H groups in total. The van der Waals surface area contributed by atoms with E-state index in [0.29, 0.717) is 25.9 Å². The van der Waals surface area contributed by atoms with Gasteiger partial charge in [0.1, 0.15) is 0 Å². The van der Waals surface area contributed by atoms with Crippen LogP contribution in [0.15, 0.2) is 0 Å². The van der Waals surface area contributed by atoms with Crippen LogP contribution in [0.2, 0.25) is 0 Å². The average Bonchev–Trinajstić information content (AvgIpc) is 2.52. The molecular formula is C13H23NO3. The fraction of sp³-hybridized carbons (Fsp3) is 0.923. The molecule has 1 aliphatic carbocycles. The molecule has 1 aliphatic heterocycles. The second-order valence-corrected chi connectivity index (χ2v) is 5.13. The van der Waals surface area contributed by atoms with E-state index in [9.17, 15) is 4.79 Å². The minimum absolute atomic E-state index is 0.143. The van der Waals surface area contributed by atoms with Gasteiger partial charge in [-0.05, 0) is 19.8 Å². The Hall–Kier alpha value is -0.610. The van der Waals surface area contributed by atoms with Crippen molar-refractivity contribution in [3.05, 3.63) is 0 Å².